The van der Waals surface area contributed by atoms with Crippen LogP contribution in [0.15, 0.2) is 48.2 Å². The van der Waals surface area contributed by atoms with Gasteiger partial charge in [-0.1, -0.05) is 18.2 Å². The summed E-state index contributed by atoms with van der Waals surface area (Å²) in [5.74, 6) is -1.04. The first-order valence-corrected chi connectivity index (χ1v) is 6.51. The Morgan fingerprint density at radius 3 is 2.73 bits per heavy atom. The Labute approximate surface area is 125 Å². The molecule has 0 bridgehead atoms. The average molecular weight is 298 g/mol. The molecule has 0 radical (unpaired) electrons. The van der Waals surface area contributed by atoms with E-state index in [4.69, 9.17) is 4.74 Å². The molecule has 2 aromatic carbocycles. The molecule has 1 aliphatic heterocycles. The number of halogens is 1. The van der Waals surface area contributed by atoms with Crippen LogP contribution in [-0.4, -0.2) is 18.9 Å². The van der Waals surface area contributed by atoms with Crippen LogP contribution in [0.2, 0.25) is 0 Å². The maximum atomic E-state index is 13.6. The lowest BCUT2D eigenvalue weighted by Gasteiger charge is -2.00. The molecule has 2 aromatic rings. The van der Waals surface area contributed by atoms with E-state index in [1.54, 1.807) is 18.2 Å². The van der Waals surface area contributed by atoms with Gasteiger partial charge in [0.25, 0.3) is 0 Å². The van der Waals surface area contributed by atoms with E-state index in [2.05, 4.69) is 4.74 Å². The highest BCUT2D eigenvalue weighted by molar-refractivity contribution is 6.15. The molecular weight excluding hydrogens is 287 g/mol. The van der Waals surface area contributed by atoms with Crippen LogP contribution in [0.3, 0.4) is 0 Å². The van der Waals surface area contributed by atoms with Crippen LogP contribution in [0.5, 0.6) is 5.75 Å². The van der Waals surface area contributed by atoms with Crippen molar-refractivity contribution in [2.45, 2.75) is 0 Å². The molecule has 0 aliphatic carbocycles. The molecule has 0 fully saturated rings. The summed E-state index contributed by atoms with van der Waals surface area (Å²) in [5.41, 5.74) is 0.766. The number of ether oxygens (including phenoxy) is 2. The van der Waals surface area contributed by atoms with Crippen molar-refractivity contribution in [3.05, 3.63) is 70.7 Å². The fourth-order valence-corrected chi connectivity index (χ4v) is 2.17. The number of allylic oxidation sites excluding steroid dienone is 1. The van der Waals surface area contributed by atoms with Crippen LogP contribution in [0, 0.1) is 5.82 Å². The van der Waals surface area contributed by atoms with E-state index in [9.17, 15) is 14.0 Å². The Balaban J connectivity index is 1.98. The lowest BCUT2D eigenvalue weighted by atomic mass is 10.1. The summed E-state index contributed by atoms with van der Waals surface area (Å²) in [6.45, 7) is 0. The van der Waals surface area contributed by atoms with Gasteiger partial charge in [-0.2, -0.15) is 0 Å². The van der Waals surface area contributed by atoms with Gasteiger partial charge in [0.15, 0.2) is 5.76 Å². The largest absolute Gasteiger partial charge is 0.465 e. The van der Waals surface area contributed by atoms with Crippen LogP contribution in [0.4, 0.5) is 4.39 Å². The van der Waals surface area contributed by atoms with E-state index in [1.165, 1.54) is 37.5 Å². The highest BCUT2D eigenvalue weighted by atomic mass is 19.1. The molecule has 3 rings (SSSR count). The molecule has 1 aliphatic rings. The van der Waals surface area contributed by atoms with Gasteiger partial charge in [0, 0.05) is 5.56 Å². The van der Waals surface area contributed by atoms with E-state index in [-0.39, 0.29) is 22.4 Å². The van der Waals surface area contributed by atoms with Gasteiger partial charge < -0.3 is 9.47 Å². The number of benzene rings is 2. The van der Waals surface area contributed by atoms with Crippen molar-refractivity contribution in [3.8, 4) is 5.75 Å². The Hall–Kier alpha value is -2.95. The standard InChI is InChI=1S/C17H11FO4/c1-21-17(20)11-6-7-14-12(8-11)16(19)15(22-14)9-10-4-2-3-5-13(10)18/h2-9H,1H3/b15-9-. The highest BCUT2D eigenvalue weighted by Gasteiger charge is 2.28. The minimum absolute atomic E-state index is 0.0158. The summed E-state index contributed by atoms with van der Waals surface area (Å²) in [5, 5.41) is 0. The van der Waals surface area contributed by atoms with Crippen LogP contribution in [0.1, 0.15) is 26.3 Å². The summed E-state index contributed by atoms with van der Waals surface area (Å²) >= 11 is 0. The summed E-state index contributed by atoms with van der Waals surface area (Å²) < 4.78 is 23.7. The molecule has 0 spiro atoms. The molecule has 0 N–H and O–H groups in total. The number of methoxy groups -OCH3 is 1. The molecule has 0 unspecified atom stereocenters. The lowest BCUT2D eigenvalue weighted by molar-refractivity contribution is 0.0600. The van der Waals surface area contributed by atoms with Crippen molar-refractivity contribution in [2.24, 2.45) is 0 Å². The number of hydrogen-bond acceptors (Lipinski definition) is 4. The Bertz CT molecular complexity index is 808. The second-order valence-corrected chi connectivity index (χ2v) is 4.66. The molecule has 0 saturated carbocycles. The van der Waals surface area contributed by atoms with Crippen molar-refractivity contribution in [1.82, 2.24) is 0 Å². The van der Waals surface area contributed by atoms with Crippen LogP contribution < -0.4 is 4.74 Å². The number of Topliss-reactive ketones (excluding diaryl/α,β-unsaturated/α-hetero) is 1. The number of fused-ring (bicyclic) bond motifs is 1. The van der Waals surface area contributed by atoms with E-state index in [0.717, 1.165) is 0 Å². The smallest absolute Gasteiger partial charge is 0.337 e. The third-order valence-corrected chi connectivity index (χ3v) is 3.28. The molecule has 4 nitrogen and oxygen atoms in total. The zero-order chi connectivity index (χ0) is 15.7. The number of ketones is 1. The molecule has 1 heterocycles. The summed E-state index contributed by atoms with van der Waals surface area (Å²) in [6, 6.07) is 10.5. The molecule has 0 atom stereocenters. The fourth-order valence-electron chi connectivity index (χ4n) is 2.17. The van der Waals surface area contributed by atoms with Crippen LogP contribution in [-0.2, 0) is 4.74 Å². The van der Waals surface area contributed by atoms with Crippen LogP contribution in [0.25, 0.3) is 6.08 Å². The first-order chi connectivity index (χ1) is 10.6. The first-order valence-electron chi connectivity index (χ1n) is 6.51. The van der Waals surface area contributed by atoms with E-state index in [0.29, 0.717) is 5.75 Å². The third-order valence-electron chi connectivity index (χ3n) is 3.28. The molecule has 0 amide bonds. The van der Waals surface area contributed by atoms with Crippen molar-refractivity contribution >= 4 is 17.8 Å². The maximum absolute atomic E-state index is 13.6. The summed E-state index contributed by atoms with van der Waals surface area (Å²) in [4.78, 5) is 23.8. The van der Waals surface area contributed by atoms with Crippen LogP contribution >= 0.6 is 0 Å². The predicted molar refractivity (Wildman–Crippen MR) is 77.1 cm³/mol. The zero-order valence-corrected chi connectivity index (χ0v) is 11.6. The van der Waals surface area contributed by atoms with Crippen molar-refractivity contribution in [2.75, 3.05) is 7.11 Å². The number of esters is 1. The van der Waals surface area contributed by atoms with Gasteiger partial charge in [-0.3, -0.25) is 4.79 Å². The number of rotatable bonds is 2. The maximum Gasteiger partial charge on any atom is 0.337 e. The Morgan fingerprint density at radius 2 is 2.00 bits per heavy atom. The van der Waals surface area contributed by atoms with Gasteiger partial charge >= 0.3 is 5.97 Å². The van der Waals surface area contributed by atoms with Crippen molar-refractivity contribution in [1.29, 1.82) is 0 Å². The van der Waals surface area contributed by atoms with Gasteiger partial charge in [0.05, 0.1) is 18.2 Å². The topological polar surface area (TPSA) is 52.6 Å². The lowest BCUT2D eigenvalue weighted by Crippen LogP contribution is -2.03. The average Bonchev–Trinajstić information content (AvgIpc) is 2.84. The van der Waals surface area contributed by atoms with Crippen molar-refractivity contribution in [3.63, 3.8) is 0 Å². The molecule has 110 valence electrons. The number of hydrogen-bond donors (Lipinski definition) is 0. The second kappa shape index (κ2) is 5.44. The molecule has 0 saturated heterocycles. The number of carbonyl (C=O) groups is 2. The SMILES string of the molecule is COC(=O)c1ccc2c(c1)C(=O)/C(=C/c1ccccc1F)O2. The summed E-state index contributed by atoms with van der Waals surface area (Å²) in [7, 11) is 1.26. The minimum Gasteiger partial charge on any atom is -0.465 e. The highest BCUT2D eigenvalue weighted by Crippen LogP contribution is 2.32. The van der Waals surface area contributed by atoms with Gasteiger partial charge in [0.1, 0.15) is 11.6 Å². The molecule has 5 heteroatoms. The molecular formula is C17H11FO4. The monoisotopic (exact) mass is 298 g/mol. The van der Waals surface area contributed by atoms with Crippen molar-refractivity contribution < 1.29 is 23.5 Å². The fraction of sp³-hybridized carbons (Fsp3) is 0.0588. The van der Waals surface area contributed by atoms with Gasteiger partial charge in [-0.15, -0.1) is 0 Å². The Kier molecular flexibility index (Phi) is 3.47. The van der Waals surface area contributed by atoms with E-state index in [1.807, 2.05) is 0 Å². The number of carbonyl (C=O) groups excluding carboxylic acids is 2. The van der Waals surface area contributed by atoms with Gasteiger partial charge in [0.2, 0.25) is 5.78 Å². The minimum atomic E-state index is -0.540. The molecule has 0 aromatic heterocycles. The second-order valence-electron chi connectivity index (χ2n) is 4.66. The Morgan fingerprint density at radius 1 is 1.23 bits per heavy atom. The van der Waals surface area contributed by atoms with E-state index < -0.39 is 17.6 Å². The quantitative estimate of drug-likeness (QED) is 0.631. The first kappa shape index (κ1) is 14.0. The third kappa shape index (κ3) is 2.37. The predicted octanol–water partition coefficient (Wildman–Crippen LogP) is 3.23. The summed E-state index contributed by atoms with van der Waals surface area (Å²) in [6.07, 6.45) is 1.34. The van der Waals surface area contributed by atoms with Gasteiger partial charge in [-0.25, -0.2) is 9.18 Å². The zero-order valence-electron chi connectivity index (χ0n) is 11.6. The normalized spacial score (nSPS) is 14.6. The van der Waals surface area contributed by atoms with Gasteiger partial charge in [-0.05, 0) is 30.3 Å². The van der Waals surface area contributed by atoms with E-state index >= 15 is 0 Å². The molecule has 22 heavy (non-hydrogen) atoms.